The predicted octanol–water partition coefficient (Wildman–Crippen LogP) is 3.43. The molecule has 0 unspecified atom stereocenters. The van der Waals surface area contributed by atoms with Crippen LogP contribution in [0, 0.1) is 11.6 Å². The first-order chi connectivity index (χ1) is 8.47. The highest BCUT2D eigenvalue weighted by Crippen LogP contribution is 2.21. The van der Waals surface area contributed by atoms with Gasteiger partial charge < -0.3 is 5.73 Å². The van der Waals surface area contributed by atoms with Gasteiger partial charge in [0.05, 0.1) is 5.56 Å². The molecule has 0 heterocycles. The Balaban J connectivity index is 2.47. The molecule has 0 aliphatic rings. The molecule has 2 aromatic carbocycles. The Morgan fingerprint density at radius 1 is 1.11 bits per heavy atom. The van der Waals surface area contributed by atoms with Gasteiger partial charge in [0.2, 0.25) is 0 Å². The maximum atomic E-state index is 13.5. The van der Waals surface area contributed by atoms with Crippen LogP contribution < -0.4 is 5.73 Å². The van der Waals surface area contributed by atoms with Gasteiger partial charge in [-0.2, -0.15) is 0 Å². The Hall–Kier alpha value is -1.94. The third-order valence-corrected chi connectivity index (χ3v) is 2.58. The molecular weight excluding hydrogens is 260 g/mol. The van der Waals surface area contributed by atoms with E-state index in [-0.39, 0.29) is 16.1 Å². The van der Waals surface area contributed by atoms with Crippen molar-refractivity contribution in [1.82, 2.24) is 0 Å². The summed E-state index contributed by atoms with van der Waals surface area (Å²) in [5.41, 5.74) is 5.78. The van der Waals surface area contributed by atoms with E-state index in [1.54, 1.807) is 0 Å². The zero-order valence-electron chi connectivity index (χ0n) is 9.08. The summed E-state index contributed by atoms with van der Waals surface area (Å²) >= 11 is 5.76. The third-order valence-electron chi connectivity index (χ3n) is 2.36. The number of ketones is 1. The summed E-state index contributed by atoms with van der Waals surface area (Å²) in [6.07, 6.45) is 0. The van der Waals surface area contributed by atoms with Gasteiger partial charge in [-0.25, -0.2) is 8.78 Å². The summed E-state index contributed by atoms with van der Waals surface area (Å²) in [6.45, 7) is 0. The lowest BCUT2D eigenvalue weighted by Gasteiger charge is -2.05. The molecule has 0 aromatic heterocycles. The number of hydrogen-bond donors (Lipinski definition) is 1. The molecule has 0 bridgehead atoms. The number of hydrogen-bond acceptors (Lipinski definition) is 2. The average molecular weight is 268 g/mol. The van der Waals surface area contributed by atoms with Gasteiger partial charge >= 0.3 is 0 Å². The number of nitrogens with two attached hydrogens (primary N) is 1. The first-order valence-electron chi connectivity index (χ1n) is 5.03. The molecule has 5 heteroatoms. The fraction of sp³-hybridized carbons (Fsp3) is 0. The normalized spacial score (nSPS) is 10.4. The van der Waals surface area contributed by atoms with Crippen LogP contribution in [0.5, 0.6) is 0 Å². The van der Waals surface area contributed by atoms with Crippen molar-refractivity contribution in [3.8, 4) is 0 Å². The van der Waals surface area contributed by atoms with Crippen molar-refractivity contribution in [2.75, 3.05) is 5.73 Å². The second kappa shape index (κ2) is 4.74. The summed E-state index contributed by atoms with van der Waals surface area (Å²) in [6, 6.07) is 6.99. The van der Waals surface area contributed by atoms with E-state index in [1.165, 1.54) is 18.2 Å². The summed E-state index contributed by atoms with van der Waals surface area (Å²) in [4.78, 5) is 12.0. The van der Waals surface area contributed by atoms with Crippen LogP contribution in [-0.4, -0.2) is 5.78 Å². The number of benzene rings is 2. The van der Waals surface area contributed by atoms with Crippen LogP contribution in [0.3, 0.4) is 0 Å². The van der Waals surface area contributed by atoms with Crippen molar-refractivity contribution in [2.24, 2.45) is 0 Å². The molecule has 18 heavy (non-hydrogen) atoms. The molecule has 92 valence electrons. The number of carbonyl (C=O) groups is 1. The molecule has 2 N–H and O–H groups in total. The van der Waals surface area contributed by atoms with Crippen molar-refractivity contribution in [3.05, 3.63) is 64.2 Å². The molecule has 0 spiro atoms. The van der Waals surface area contributed by atoms with Crippen LogP contribution in [-0.2, 0) is 0 Å². The Bertz CT molecular complexity index is 608. The fourth-order valence-electron chi connectivity index (χ4n) is 1.57. The summed E-state index contributed by atoms with van der Waals surface area (Å²) < 4.78 is 26.2. The van der Waals surface area contributed by atoms with E-state index in [1.807, 2.05) is 0 Å². The van der Waals surface area contributed by atoms with Crippen molar-refractivity contribution in [2.45, 2.75) is 0 Å². The summed E-state index contributed by atoms with van der Waals surface area (Å²) in [5, 5.41) is 0.279. The van der Waals surface area contributed by atoms with Gasteiger partial charge in [-0.3, -0.25) is 4.79 Å². The zero-order chi connectivity index (χ0) is 13.3. The zero-order valence-corrected chi connectivity index (χ0v) is 9.84. The monoisotopic (exact) mass is 267 g/mol. The molecule has 0 amide bonds. The van der Waals surface area contributed by atoms with Crippen LogP contribution in [0.4, 0.5) is 14.5 Å². The molecule has 0 aliphatic heterocycles. The van der Waals surface area contributed by atoms with Gasteiger partial charge in [0.1, 0.15) is 11.6 Å². The first-order valence-corrected chi connectivity index (χ1v) is 5.41. The number of rotatable bonds is 2. The molecule has 0 radical (unpaired) electrons. The highest BCUT2D eigenvalue weighted by atomic mass is 35.5. The largest absolute Gasteiger partial charge is 0.399 e. The van der Waals surface area contributed by atoms with Crippen LogP contribution in [0.1, 0.15) is 15.9 Å². The second-order valence-corrected chi connectivity index (χ2v) is 4.16. The smallest absolute Gasteiger partial charge is 0.196 e. The number of anilines is 1. The fourth-order valence-corrected chi connectivity index (χ4v) is 1.82. The van der Waals surface area contributed by atoms with E-state index < -0.39 is 17.4 Å². The van der Waals surface area contributed by atoms with Crippen molar-refractivity contribution in [1.29, 1.82) is 0 Å². The van der Waals surface area contributed by atoms with Gasteiger partial charge in [-0.15, -0.1) is 0 Å². The lowest BCUT2D eigenvalue weighted by atomic mass is 10.0. The molecule has 0 aliphatic carbocycles. The minimum absolute atomic E-state index is 0.158. The van der Waals surface area contributed by atoms with E-state index in [0.717, 1.165) is 12.1 Å². The highest BCUT2D eigenvalue weighted by molar-refractivity contribution is 6.31. The minimum atomic E-state index is -0.918. The maximum absolute atomic E-state index is 13.5. The maximum Gasteiger partial charge on any atom is 0.196 e. The van der Waals surface area contributed by atoms with Crippen LogP contribution >= 0.6 is 11.6 Å². The van der Waals surface area contributed by atoms with Crippen molar-refractivity contribution in [3.63, 3.8) is 0 Å². The number of carbonyl (C=O) groups excluding carboxylic acids is 1. The van der Waals surface area contributed by atoms with Crippen molar-refractivity contribution < 1.29 is 13.6 Å². The topological polar surface area (TPSA) is 43.1 Å². The molecule has 0 fully saturated rings. The Labute approximate surface area is 107 Å². The van der Waals surface area contributed by atoms with Gasteiger partial charge in [-0.1, -0.05) is 11.6 Å². The summed E-state index contributed by atoms with van der Waals surface area (Å²) in [7, 11) is 0. The van der Waals surface area contributed by atoms with Gasteiger partial charge in [0.25, 0.3) is 0 Å². The third kappa shape index (κ3) is 2.49. The Morgan fingerprint density at radius 3 is 2.44 bits per heavy atom. The van der Waals surface area contributed by atoms with Crippen molar-refractivity contribution >= 4 is 23.1 Å². The lowest BCUT2D eigenvalue weighted by molar-refractivity contribution is 0.103. The minimum Gasteiger partial charge on any atom is -0.399 e. The van der Waals surface area contributed by atoms with Gasteiger partial charge in [0, 0.05) is 22.3 Å². The molecule has 0 saturated heterocycles. The molecule has 2 nitrogen and oxygen atoms in total. The first kappa shape index (κ1) is 12.5. The average Bonchev–Trinajstić information content (AvgIpc) is 2.26. The SMILES string of the molecule is Nc1cc(Cl)cc(C(=O)c2ccc(F)cc2F)c1. The molecule has 0 atom stereocenters. The Morgan fingerprint density at radius 2 is 1.83 bits per heavy atom. The molecule has 2 rings (SSSR count). The predicted molar refractivity (Wildman–Crippen MR) is 65.7 cm³/mol. The number of halogens is 3. The Kier molecular flexibility index (Phi) is 3.30. The van der Waals surface area contributed by atoms with E-state index in [2.05, 4.69) is 0 Å². The lowest BCUT2D eigenvalue weighted by Crippen LogP contribution is -2.05. The van der Waals surface area contributed by atoms with E-state index in [9.17, 15) is 13.6 Å². The van der Waals surface area contributed by atoms with Gasteiger partial charge in [0.15, 0.2) is 5.78 Å². The molecule has 2 aromatic rings. The van der Waals surface area contributed by atoms with E-state index in [0.29, 0.717) is 11.8 Å². The summed E-state index contributed by atoms with van der Waals surface area (Å²) in [5.74, 6) is -2.25. The number of nitrogen functional groups attached to an aromatic ring is 1. The highest BCUT2D eigenvalue weighted by Gasteiger charge is 2.15. The molecule has 0 saturated carbocycles. The van der Waals surface area contributed by atoms with E-state index in [4.69, 9.17) is 17.3 Å². The van der Waals surface area contributed by atoms with Gasteiger partial charge in [-0.05, 0) is 30.3 Å². The van der Waals surface area contributed by atoms with E-state index >= 15 is 0 Å². The van der Waals surface area contributed by atoms with Crippen LogP contribution in [0.25, 0.3) is 0 Å². The van der Waals surface area contributed by atoms with Crippen LogP contribution in [0.15, 0.2) is 36.4 Å². The second-order valence-electron chi connectivity index (χ2n) is 3.73. The van der Waals surface area contributed by atoms with Crippen LogP contribution in [0.2, 0.25) is 5.02 Å². The quantitative estimate of drug-likeness (QED) is 0.669. The molecular formula is C13H8ClF2NO. The standard InChI is InChI=1S/C13H8ClF2NO/c14-8-3-7(4-10(17)5-8)13(18)11-2-1-9(15)6-12(11)16/h1-6H,17H2.